The predicted molar refractivity (Wildman–Crippen MR) is 82.1 cm³/mol. The SMILES string of the molecule is CNC(c1ccccc1C1CCC1)c1cc(C)oc1C. The first-order chi connectivity index (χ1) is 9.70. The Labute approximate surface area is 121 Å². The Morgan fingerprint density at radius 2 is 1.90 bits per heavy atom. The largest absolute Gasteiger partial charge is 0.466 e. The van der Waals surface area contributed by atoms with Gasteiger partial charge in [0.25, 0.3) is 0 Å². The van der Waals surface area contributed by atoms with Gasteiger partial charge in [0.05, 0.1) is 6.04 Å². The van der Waals surface area contributed by atoms with Crippen molar-refractivity contribution in [1.82, 2.24) is 5.32 Å². The van der Waals surface area contributed by atoms with Gasteiger partial charge in [-0.1, -0.05) is 30.7 Å². The van der Waals surface area contributed by atoms with E-state index in [-0.39, 0.29) is 6.04 Å². The van der Waals surface area contributed by atoms with Crippen molar-refractivity contribution in [3.8, 4) is 0 Å². The van der Waals surface area contributed by atoms with E-state index >= 15 is 0 Å². The van der Waals surface area contributed by atoms with Gasteiger partial charge in [-0.2, -0.15) is 0 Å². The third-order valence-corrected chi connectivity index (χ3v) is 4.53. The Kier molecular flexibility index (Phi) is 3.66. The lowest BCUT2D eigenvalue weighted by Gasteiger charge is -2.30. The molecule has 2 heteroatoms. The minimum Gasteiger partial charge on any atom is -0.466 e. The van der Waals surface area contributed by atoms with E-state index in [1.54, 1.807) is 0 Å². The average molecular weight is 269 g/mol. The number of hydrogen-bond acceptors (Lipinski definition) is 2. The van der Waals surface area contributed by atoms with Crippen LogP contribution in [0.3, 0.4) is 0 Å². The van der Waals surface area contributed by atoms with Crippen LogP contribution < -0.4 is 5.32 Å². The van der Waals surface area contributed by atoms with E-state index in [4.69, 9.17) is 4.42 Å². The van der Waals surface area contributed by atoms with Crippen LogP contribution in [-0.4, -0.2) is 7.05 Å². The summed E-state index contributed by atoms with van der Waals surface area (Å²) < 4.78 is 5.72. The average Bonchev–Trinajstić information content (AvgIpc) is 2.70. The molecule has 0 radical (unpaired) electrons. The highest BCUT2D eigenvalue weighted by Gasteiger charge is 2.26. The molecule has 2 aromatic rings. The second-order valence-corrected chi connectivity index (χ2v) is 5.85. The van der Waals surface area contributed by atoms with E-state index in [1.807, 2.05) is 14.0 Å². The summed E-state index contributed by atoms with van der Waals surface area (Å²) in [5.41, 5.74) is 4.18. The van der Waals surface area contributed by atoms with Crippen molar-refractivity contribution >= 4 is 0 Å². The third kappa shape index (κ3) is 2.29. The van der Waals surface area contributed by atoms with Crippen molar-refractivity contribution in [2.45, 2.75) is 45.1 Å². The summed E-state index contributed by atoms with van der Waals surface area (Å²) in [6, 6.07) is 11.3. The highest BCUT2D eigenvalue weighted by molar-refractivity contribution is 5.41. The molecule has 1 aliphatic rings. The fraction of sp³-hybridized carbons (Fsp3) is 0.444. The molecule has 106 valence electrons. The zero-order chi connectivity index (χ0) is 14.1. The van der Waals surface area contributed by atoms with Crippen molar-refractivity contribution in [3.63, 3.8) is 0 Å². The lowest BCUT2D eigenvalue weighted by Crippen LogP contribution is -2.21. The molecule has 1 aliphatic carbocycles. The maximum Gasteiger partial charge on any atom is 0.106 e. The molecule has 1 fully saturated rings. The summed E-state index contributed by atoms with van der Waals surface area (Å²) in [6.45, 7) is 4.07. The number of benzene rings is 1. The zero-order valence-electron chi connectivity index (χ0n) is 12.6. The molecule has 0 amide bonds. The quantitative estimate of drug-likeness (QED) is 0.885. The van der Waals surface area contributed by atoms with E-state index < -0.39 is 0 Å². The standard InChI is InChI=1S/C18H23NO/c1-12-11-17(13(2)20-12)18(19-3)16-10-5-4-9-15(16)14-7-6-8-14/h4-5,9-11,14,18-19H,6-8H2,1-3H3. The van der Waals surface area contributed by atoms with E-state index in [0.29, 0.717) is 0 Å². The second-order valence-electron chi connectivity index (χ2n) is 5.85. The smallest absolute Gasteiger partial charge is 0.106 e. The maximum atomic E-state index is 5.72. The Morgan fingerprint density at radius 1 is 1.15 bits per heavy atom. The van der Waals surface area contributed by atoms with Crippen LogP contribution in [0.5, 0.6) is 0 Å². The van der Waals surface area contributed by atoms with Gasteiger partial charge < -0.3 is 9.73 Å². The van der Waals surface area contributed by atoms with Gasteiger partial charge in [-0.25, -0.2) is 0 Å². The predicted octanol–water partition coefficient (Wildman–Crippen LogP) is 4.47. The van der Waals surface area contributed by atoms with Crippen LogP contribution in [0, 0.1) is 13.8 Å². The Hall–Kier alpha value is -1.54. The molecule has 1 saturated carbocycles. The highest BCUT2D eigenvalue weighted by atomic mass is 16.3. The van der Waals surface area contributed by atoms with Crippen LogP contribution in [0.25, 0.3) is 0 Å². The summed E-state index contributed by atoms with van der Waals surface area (Å²) >= 11 is 0. The van der Waals surface area contributed by atoms with Crippen molar-refractivity contribution in [2.75, 3.05) is 7.05 Å². The molecule has 1 aromatic carbocycles. The molecular formula is C18H23NO. The van der Waals surface area contributed by atoms with E-state index in [0.717, 1.165) is 17.4 Å². The molecule has 0 aliphatic heterocycles. The van der Waals surface area contributed by atoms with E-state index in [1.165, 1.54) is 36.0 Å². The van der Waals surface area contributed by atoms with Gasteiger partial charge in [0.15, 0.2) is 0 Å². The maximum absolute atomic E-state index is 5.72. The van der Waals surface area contributed by atoms with Crippen molar-refractivity contribution in [1.29, 1.82) is 0 Å². The van der Waals surface area contributed by atoms with Crippen LogP contribution in [0.4, 0.5) is 0 Å². The molecule has 1 atom stereocenters. The Balaban J connectivity index is 2.03. The van der Waals surface area contributed by atoms with Gasteiger partial charge in [0.2, 0.25) is 0 Å². The highest BCUT2D eigenvalue weighted by Crippen LogP contribution is 2.41. The summed E-state index contributed by atoms with van der Waals surface area (Å²) in [6.07, 6.45) is 4.03. The van der Waals surface area contributed by atoms with Crippen LogP contribution >= 0.6 is 0 Å². The van der Waals surface area contributed by atoms with Gasteiger partial charge in [-0.15, -0.1) is 0 Å². The molecule has 1 unspecified atom stereocenters. The molecule has 2 nitrogen and oxygen atoms in total. The first-order valence-corrected chi connectivity index (χ1v) is 7.53. The lowest BCUT2D eigenvalue weighted by atomic mass is 9.76. The first-order valence-electron chi connectivity index (χ1n) is 7.53. The van der Waals surface area contributed by atoms with Crippen LogP contribution in [0.2, 0.25) is 0 Å². The minimum absolute atomic E-state index is 0.226. The topological polar surface area (TPSA) is 25.2 Å². The molecule has 20 heavy (non-hydrogen) atoms. The van der Waals surface area contributed by atoms with Crippen molar-refractivity contribution in [3.05, 3.63) is 58.5 Å². The Morgan fingerprint density at radius 3 is 2.45 bits per heavy atom. The number of hydrogen-bond donors (Lipinski definition) is 1. The third-order valence-electron chi connectivity index (χ3n) is 4.53. The van der Waals surface area contributed by atoms with Gasteiger partial charge >= 0.3 is 0 Å². The Bertz CT molecular complexity index is 595. The minimum atomic E-state index is 0.226. The fourth-order valence-electron chi connectivity index (χ4n) is 3.28. The first kappa shape index (κ1) is 13.4. The fourth-order valence-corrected chi connectivity index (χ4v) is 3.28. The van der Waals surface area contributed by atoms with Crippen LogP contribution in [-0.2, 0) is 0 Å². The van der Waals surface area contributed by atoms with Gasteiger partial charge in [0, 0.05) is 5.56 Å². The summed E-state index contributed by atoms with van der Waals surface area (Å²) in [4.78, 5) is 0. The molecule has 0 saturated heterocycles. The number of nitrogens with one attached hydrogen (secondary N) is 1. The van der Waals surface area contributed by atoms with Gasteiger partial charge in [-0.3, -0.25) is 0 Å². The number of furan rings is 1. The van der Waals surface area contributed by atoms with Crippen LogP contribution in [0.1, 0.15) is 59.4 Å². The molecule has 3 rings (SSSR count). The lowest BCUT2D eigenvalue weighted by molar-refractivity contribution is 0.414. The van der Waals surface area contributed by atoms with Crippen LogP contribution in [0.15, 0.2) is 34.7 Å². The molecule has 1 heterocycles. The summed E-state index contributed by atoms with van der Waals surface area (Å²) in [5, 5.41) is 3.47. The molecule has 0 bridgehead atoms. The number of aryl methyl sites for hydroxylation is 2. The van der Waals surface area contributed by atoms with E-state index in [9.17, 15) is 0 Å². The molecular weight excluding hydrogens is 246 g/mol. The monoisotopic (exact) mass is 269 g/mol. The zero-order valence-corrected chi connectivity index (χ0v) is 12.6. The molecule has 0 spiro atoms. The molecule has 1 aromatic heterocycles. The van der Waals surface area contributed by atoms with Crippen molar-refractivity contribution in [2.24, 2.45) is 0 Å². The van der Waals surface area contributed by atoms with Crippen molar-refractivity contribution < 1.29 is 4.42 Å². The number of rotatable bonds is 4. The van der Waals surface area contributed by atoms with Gasteiger partial charge in [0.1, 0.15) is 11.5 Å². The molecule has 1 N–H and O–H groups in total. The second kappa shape index (κ2) is 5.45. The summed E-state index contributed by atoms with van der Waals surface area (Å²) in [7, 11) is 2.03. The summed E-state index contributed by atoms with van der Waals surface area (Å²) in [5.74, 6) is 2.75. The normalized spacial score (nSPS) is 16.9. The van der Waals surface area contributed by atoms with Gasteiger partial charge in [-0.05, 0) is 56.8 Å². The van der Waals surface area contributed by atoms with E-state index in [2.05, 4.69) is 42.6 Å².